The molecule has 0 saturated heterocycles. The minimum Gasteiger partial charge on any atom is -0.310 e. The molecule has 2 bridgehead atoms. The number of benzene rings is 8. The first kappa shape index (κ1) is 35.9. The van der Waals surface area contributed by atoms with E-state index in [0.29, 0.717) is 5.92 Å². The minimum absolute atomic E-state index is 0.0460. The topological polar surface area (TPSA) is 3.24 Å². The van der Waals surface area contributed by atoms with Crippen LogP contribution in [-0.4, -0.2) is 0 Å². The predicted octanol–water partition coefficient (Wildman–Crippen LogP) is 15.5. The largest absolute Gasteiger partial charge is 0.310 e. The molecular formula is C58H51N. The summed E-state index contributed by atoms with van der Waals surface area (Å²) in [6, 6.07) is 71.3. The fourth-order valence-corrected chi connectivity index (χ4v) is 11.6. The Kier molecular flexibility index (Phi) is 8.52. The molecule has 11 rings (SSSR count). The molecule has 0 radical (unpaired) electrons. The molecule has 3 unspecified atom stereocenters. The highest BCUT2D eigenvalue weighted by Crippen LogP contribution is 2.59. The normalized spacial score (nSPS) is 18.8. The van der Waals surface area contributed by atoms with Crippen molar-refractivity contribution in [3.05, 3.63) is 221 Å². The molecule has 0 spiro atoms. The number of nitrogens with zero attached hydrogens (tertiary/aromatic N) is 1. The van der Waals surface area contributed by atoms with Crippen molar-refractivity contribution in [1.29, 1.82) is 0 Å². The number of anilines is 3. The van der Waals surface area contributed by atoms with E-state index in [-0.39, 0.29) is 5.41 Å². The van der Waals surface area contributed by atoms with Crippen LogP contribution in [0.15, 0.2) is 188 Å². The molecule has 3 atom stereocenters. The molecule has 8 aromatic rings. The summed E-state index contributed by atoms with van der Waals surface area (Å²) < 4.78 is 0. The number of fused-ring (bicyclic) bond motifs is 6. The Balaban J connectivity index is 1.24. The van der Waals surface area contributed by atoms with Crippen LogP contribution in [0.1, 0.15) is 85.8 Å². The summed E-state index contributed by atoms with van der Waals surface area (Å²) in [6.07, 6.45) is 5.39. The third kappa shape index (κ3) is 5.73. The first-order valence-corrected chi connectivity index (χ1v) is 21.8. The zero-order valence-electron chi connectivity index (χ0n) is 34.4. The van der Waals surface area contributed by atoms with Gasteiger partial charge in [0.25, 0.3) is 0 Å². The summed E-state index contributed by atoms with van der Waals surface area (Å²) in [5, 5.41) is 2.51. The van der Waals surface area contributed by atoms with Crippen LogP contribution < -0.4 is 4.90 Å². The third-order valence-electron chi connectivity index (χ3n) is 14.1. The summed E-state index contributed by atoms with van der Waals surface area (Å²) in [5.74, 6) is 2.15. The van der Waals surface area contributed by atoms with Crippen molar-refractivity contribution in [3.8, 4) is 22.3 Å². The maximum absolute atomic E-state index is 2.66. The maximum Gasteiger partial charge on any atom is 0.0714 e. The maximum atomic E-state index is 2.66. The highest BCUT2D eigenvalue weighted by Gasteiger charge is 2.47. The monoisotopic (exact) mass is 761 g/mol. The van der Waals surface area contributed by atoms with Crippen molar-refractivity contribution in [2.75, 3.05) is 4.90 Å². The van der Waals surface area contributed by atoms with Crippen LogP contribution in [0, 0.1) is 11.8 Å². The Morgan fingerprint density at radius 3 is 1.78 bits per heavy atom. The van der Waals surface area contributed by atoms with Gasteiger partial charge in [-0.3, -0.25) is 0 Å². The van der Waals surface area contributed by atoms with Gasteiger partial charge in [0, 0.05) is 16.9 Å². The van der Waals surface area contributed by atoms with Crippen LogP contribution in [-0.2, 0) is 10.8 Å². The van der Waals surface area contributed by atoms with Crippen LogP contribution in [0.25, 0.3) is 33.0 Å². The van der Waals surface area contributed by atoms with Gasteiger partial charge in [-0.05, 0) is 134 Å². The van der Waals surface area contributed by atoms with Gasteiger partial charge in [0.2, 0.25) is 0 Å². The van der Waals surface area contributed by atoms with Crippen molar-refractivity contribution < 1.29 is 0 Å². The van der Waals surface area contributed by atoms with Crippen LogP contribution in [0.4, 0.5) is 17.1 Å². The van der Waals surface area contributed by atoms with Crippen LogP contribution in [0.5, 0.6) is 0 Å². The van der Waals surface area contributed by atoms with Crippen molar-refractivity contribution >= 4 is 27.8 Å². The van der Waals surface area contributed by atoms with E-state index in [1.54, 1.807) is 0 Å². The SMILES string of the molecule is CC(C)(C)c1ccccc1-c1cc2ccccc2cc1N(c1ccc2c(c1)C(c1ccccc1)(c1ccccc1)c1ccccc1-2)c1ccccc1C1CC2CCC1C2. The number of para-hydroxylation sites is 1. The summed E-state index contributed by atoms with van der Waals surface area (Å²) in [6.45, 7) is 7.04. The molecule has 2 saturated carbocycles. The fraction of sp³-hybridized carbons (Fsp3) is 0.207. The molecule has 1 nitrogen and oxygen atoms in total. The van der Waals surface area contributed by atoms with Gasteiger partial charge >= 0.3 is 0 Å². The summed E-state index contributed by atoms with van der Waals surface area (Å²) in [5.41, 5.74) is 16.4. The summed E-state index contributed by atoms with van der Waals surface area (Å²) in [4.78, 5) is 2.66. The first-order chi connectivity index (χ1) is 28.9. The minimum atomic E-state index is -0.495. The van der Waals surface area contributed by atoms with Gasteiger partial charge in [0.05, 0.1) is 11.1 Å². The Bertz CT molecular complexity index is 2800. The summed E-state index contributed by atoms with van der Waals surface area (Å²) >= 11 is 0. The molecule has 3 aliphatic carbocycles. The Morgan fingerprint density at radius 2 is 1.08 bits per heavy atom. The number of rotatable bonds is 7. The van der Waals surface area contributed by atoms with E-state index >= 15 is 0 Å². The Labute approximate surface area is 350 Å². The van der Waals surface area contributed by atoms with E-state index in [2.05, 4.69) is 214 Å². The van der Waals surface area contributed by atoms with Gasteiger partial charge in [-0.25, -0.2) is 0 Å². The van der Waals surface area contributed by atoms with E-state index in [9.17, 15) is 0 Å². The molecule has 1 heteroatoms. The standard InChI is InChI=1S/C58H51N/c1-57(2,3)52-27-15-12-25-47(52)51-36-40-18-10-11-19-41(40)37-56(51)59(55-29-17-14-26-49(55)50-35-39-30-31-42(50)34-39)45-32-33-48-46-24-13-16-28-53(46)58(54(48)38-45,43-20-6-4-7-21-43)44-22-8-5-9-23-44/h4-29,32-33,36-39,42,50H,30-31,34-35H2,1-3H3. The highest BCUT2D eigenvalue weighted by atomic mass is 15.1. The Hall–Kier alpha value is -6.18. The van der Waals surface area contributed by atoms with Gasteiger partial charge in [-0.1, -0.05) is 185 Å². The molecule has 0 amide bonds. The predicted molar refractivity (Wildman–Crippen MR) is 248 cm³/mol. The molecule has 59 heavy (non-hydrogen) atoms. The van der Waals surface area contributed by atoms with Crippen molar-refractivity contribution in [1.82, 2.24) is 0 Å². The quantitative estimate of drug-likeness (QED) is 0.156. The molecule has 288 valence electrons. The van der Waals surface area contributed by atoms with Crippen molar-refractivity contribution in [3.63, 3.8) is 0 Å². The second-order valence-electron chi connectivity index (χ2n) is 18.4. The molecule has 3 aliphatic rings. The molecule has 0 aliphatic heterocycles. The van der Waals surface area contributed by atoms with E-state index in [1.165, 1.54) is 109 Å². The lowest BCUT2D eigenvalue weighted by Crippen LogP contribution is -2.28. The van der Waals surface area contributed by atoms with Gasteiger partial charge < -0.3 is 4.90 Å². The molecule has 0 heterocycles. The zero-order chi connectivity index (χ0) is 39.7. The zero-order valence-corrected chi connectivity index (χ0v) is 34.4. The van der Waals surface area contributed by atoms with Gasteiger partial charge in [0.1, 0.15) is 0 Å². The molecule has 0 N–H and O–H groups in total. The third-order valence-corrected chi connectivity index (χ3v) is 14.1. The van der Waals surface area contributed by atoms with Crippen LogP contribution >= 0.6 is 0 Å². The van der Waals surface area contributed by atoms with Gasteiger partial charge in [-0.2, -0.15) is 0 Å². The lowest BCUT2D eigenvalue weighted by Gasteiger charge is -2.36. The fourth-order valence-electron chi connectivity index (χ4n) is 11.6. The average Bonchev–Trinajstić information content (AvgIpc) is 4.00. The van der Waals surface area contributed by atoms with Gasteiger partial charge in [-0.15, -0.1) is 0 Å². The summed E-state index contributed by atoms with van der Waals surface area (Å²) in [7, 11) is 0. The van der Waals surface area contributed by atoms with Crippen molar-refractivity contribution in [2.45, 2.75) is 63.2 Å². The van der Waals surface area contributed by atoms with E-state index in [0.717, 1.165) is 11.8 Å². The first-order valence-electron chi connectivity index (χ1n) is 21.8. The molecule has 0 aromatic heterocycles. The molecular weight excluding hydrogens is 711 g/mol. The lowest BCUT2D eigenvalue weighted by molar-refractivity contribution is 0.420. The highest BCUT2D eigenvalue weighted by molar-refractivity contribution is 6.00. The lowest BCUT2D eigenvalue weighted by atomic mass is 9.67. The van der Waals surface area contributed by atoms with Crippen LogP contribution in [0.2, 0.25) is 0 Å². The number of hydrogen-bond donors (Lipinski definition) is 0. The van der Waals surface area contributed by atoms with Crippen molar-refractivity contribution in [2.24, 2.45) is 11.8 Å². The average molecular weight is 762 g/mol. The van der Waals surface area contributed by atoms with Gasteiger partial charge in [0.15, 0.2) is 0 Å². The molecule has 2 fully saturated rings. The van der Waals surface area contributed by atoms with E-state index in [1.807, 2.05) is 0 Å². The van der Waals surface area contributed by atoms with Crippen LogP contribution in [0.3, 0.4) is 0 Å². The molecule has 8 aromatic carbocycles. The van der Waals surface area contributed by atoms with E-state index < -0.39 is 5.41 Å². The second kappa shape index (κ2) is 14.0. The van der Waals surface area contributed by atoms with E-state index in [4.69, 9.17) is 0 Å². The Morgan fingerprint density at radius 1 is 0.475 bits per heavy atom. The smallest absolute Gasteiger partial charge is 0.0714 e. The second-order valence-corrected chi connectivity index (χ2v) is 18.4. The number of hydrogen-bond acceptors (Lipinski definition) is 1.